The van der Waals surface area contributed by atoms with Gasteiger partial charge in [-0.2, -0.15) is 0 Å². The Bertz CT molecular complexity index is 967. The third-order valence-corrected chi connectivity index (χ3v) is 4.74. The number of nitro benzene ring substituents is 1. The maximum absolute atomic E-state index is 13.8. The van der Waals surface area contributed by atoms with Crippen molar-refractivity contribution < 1.29 is 33.5 Å². The van der Waals surface area contributed by atoms with Gasteiger partial charge in [-0.1, -0.05) is 30.3 Å². The van der Waals surface area contributed by atoms with Crippen LogP contribution in [0.5, 0.6) is 11.5 Å². The third-order valence-electron chi connectivity index (χ3n) is 4.74. The molecule has 1 aliphatic rings. The molecule has 1 aliphatic heterocycles. The molecule has 30 heavy (non-hydrogen) atoms. The van der Waals surface area contributed by atoms with E-state index in [1.54, 1.807) is 0 Å². The van der Waals surface area contributed by atoms with Crippen molar-refractivity contribution in [3.63, 3.8) is 0 Å². The molecular formula is C20H19FN2O7. The van der Waals surface area contributed by atoms with Crippen LogP contribution in [0.2, 0.25) is 0 Å². The largest absolute Gasteiger partial charge is 0.493 e. The van der Waals surface area contributed by atoms with Gasteiger partial charge in [-0.05, 0) is 5.56 Å². The summed E-state index contributed by atoms with van der Waals surface area (Å²) in [5.74, 6) is -2.23. The Morgan fingerprint density at radius 2 is 1.97 bits per heavy atom. The van der Waals surface area contributed by atoms with E-state index in [0.29, 0.717) is 0 Å². The highest BCUT2D eigenvalue weighted by molar-refractivity contribution is 6.01. The summed E-state index contributed by atoms with van der Waals surface area (Å²) in [6, 6.07) is 9.85. The molecule has 1 saturated heterocycles. The second kappa shape index (κ2) is 8.76. The van der Waals surface area contributed by atoms with Gasteiger partial charge in [-0.3, -0.25) is 14.9 Å². The van der Waals surface area contributed by atoms with Crippen molar-refractivity contribution in [3.05, 3.63) is 63.7 Å². The van der Waals surface area contributed by atoms with Gasteiger partial charge in [-0.15, -0.1) is 0 Å². The number of alkyl halides is 1. The van der Waals surface area contributed by atoms with Gasteiger partial charge in [0.15, 0.2) is 11.5 Å². The van der Waals surface area contributed by atoms with Crippen molar-refractivity contribution >= 4 is 17.6 Å². The van der Waals surface area contributed by atoms with Crippen molar-refractivity contribution in [1.29, 1.82) is 0 Å². The van der Waals surface area contributed by atoms with Crippen LogP contribution in [0, 0.1) is 10.1 Å². The Morgan fingerprint density at radius 3 is 2.57 bits per heavy atom. The number of rotatable bonds is 7. The van der Waals surface area contributed by atoms with Crippen LogP contribution in [0.15, 0.2) is 42.5 Å². The van der Waals surface area contributed by atoms with E-state index in [-0.39, 0.29) is 24.5 Å². The molecule has 2 atom stereocenters. The second-order valence-electron chi connectivity index (χ2n) is 6.70. The lowest BCUT2D eigenvalue weighted by atomic mass is 10.1. The van der Waals surface area contributed by atoms with Gasteiger partial charge < -0.3 is 19.5 Å². The summed E-state index contributed by atoms with van der Waals surface area (Å²) in [5.41, 5.74) is -0.169. The zero-order valence-electron chi connectivity index (χ0n) is 16.0. The topological polar surface area (TPSA) is 119 Å². The molecular weight excluding hydrogens is 399 g/mol. The van der Waals surface area contributed by atoms with E-state index in [9.17, 15) is 29.2 Å². The highest BCUT2D eigenvalue weighted by Crippen LogP contribution is 2.37. The summed E-state index contributed by atoms with van der Waals surface area (Å²) in [4.78, 5) is 35.9. The predicted molar refractivity (Wildman–Crippen MR) is 102 cm³/mol. The van der Waals surface area contributed by atoms with Crippen molar-refractivity contribution in [2.45, 2.75) is 25.2 Å². The van der Waals surface area contributed by atoms with Crippen LogP contribution in [-0.4, -0.2) is 52.7 Å². The summed E-state index contributed by atoms with van der Waals surface area (Å²) in [6.45, 7) is -0.347. The minimum atomic E-state index is -1.52. The molecule has 1 amide bonds. The van der Waals surface area contributed by atoms with Crippen LogP contribution in [-0.2, 0) is 11.4 Å². The molecule has 0 radical (unpaired) electrons. The summed E-state index contributed by atoms with van der Waals surface area (Å²) in [6.07, 6.45) is -1.89. The first-order chi connectivity index (χ1) is 14.3. The number of carboxylic acids is 1. The molecule has 10 heteroatoms. The van der Waals surface area contributed by atoms with Crippen molar-refractivity contribution in [2.24, 2.45) is 0 Å². The number of aliphatic carboxylic acids is 1. The van der Waals surface area contributed by atoms with Gasteiger partial charge >= 0.3 is 5.97 Å². The van der Waals surface area contributed by atoms with E-state index in [4.69, 9.17) is 9.47 Å². The van der Waals surface area contributed by atoms with E-state index < -0.39 is 46.8 Å². The average Bonchev–Trinajstić information content (AvgIpc) is 3.13. The van der Waals surface area contributed by atoms with E-state index in [1.807, 2.05) is 30.3 Å². The number of nitro groups is 1. The highest BCUT2D eigenvalue weighted by atomic mass is 19.1. The SMILES string of the molecule is COc1cc(C(=O)N2CC(F)C[C@H]2C(=O)O)c([N+](=O)[O-])cc1OCc1ccccc1. The lowest BCUT2D eigenvalue weighted by molar-refractivity contribution is -0.385. The summed E-state index contributed by atoms with van der Waals surface area (Å²) in [5, 5.41) is 20.9. The number of ether oxygens (including phenoxy) is 2. The van der Waals surface area contributed by atoms with Crippen LogP contribution in [0.3, 0.4) is 0 Å². The fraction of sp³-hybridized carbons (Fsp3) is 0.300. The Balaban J connectivity index is 1.95. The van der Waals surface area contributed by atoms with Crippen LogP contribution in [0.4, 0.5) is 10.1 Å². The van der Waals surface area contributed by atoms with Crippen LogP contribution < -0.4 is 9.47 Å². The zero-order chi connectivity index (χ0) is 21.8. The maximum Gasteiger partial charge on any atom is 0.326 e. The number of carbonyl (C=O) groups is 2. The zero-order valence-corrected chi connectivity index (χ0v) is 16.0. The monoisotopic (exact) mass is 418 g/mol. The van der Waals surface area contributed by atoms with Gasteiger partial charge in [0.2, 0.25) is 0 Å². The number of amides is 1. The molecule has 1 N–H and O–H groups in total. The molecule has 1 fully saturated rings. The first kappa shape index (κ1) is 21.0. The minimum Gasteiger partial charge on any atom is -0.493 e. The molecule has 3 rings (SSSR count). The Labute approximate surface area is 170 Å². The quantitative estimate of drug-likeness (QED) is 0.542. The number of benzene rings is 2. The number of nitrogens with zero attached hydrogens (tertiary/aromatic N) is 2. The Hall–Kier alpha value is -3.69. The first-order valence-corrected chi connectivity index (χ1v) is 9.02. The smallest absolute Gasteiger partial charge is 0.326 e. The molecule has 2 aromatic rings. The predicted octanol–water partition coefficient (Wildman–Crippen LogP) is 2.82. The fourth-order valence-electron chi connectivity index (χ4n) is 3.28. The molecule has 9 nitrogen and oxygen atoms in total. The van der Waals surface area contributed by atoms with Gasteiger partial charge in [-0.25, -0.2) is 9.18 Å². The number of likely N-dealkylation sites (tertiary alicyclic amines) is 1. The van der Waals surface area contributed by atoms with E-state index in [0.717, 1.165) is 22.6 Å². The number of hydrogen-bond acceptors (Lipinski definition) is 6. The molecule has 0 spiro atoms. The molecule has 0 saturated carbocycles. The molecule has 1 unspecified atom stereocenters. The summed E-state index contributed by atoms with van der Waals surface area (Å²) in [7, 11) is 1.30. The standard InChI is InChI=1S/C20H19FN2O7/c1-29-17-8-14(19(24)22-10-13(21)7-16(22)20(25)26)15(23(27)28)9-18(17)30-11-12-5-3-2-4-6-12/h2-6,8-9,13,16H,7,10-11H2,1H3,(H,25,26)/t13?,16-/m0/s1. The number of carboxylic acid groups (broad SMARTS) is 1. The van der Waals surface area contributed by atoms with Gasteiger partial charge in [0.1, 0.15) is 24.4 Å². The molecule has 0 aliphatic carbocycles. The number of hydrogen-bond donors (Lipinski definition) is 1. The maximum atomic E-state index is 13.8. The minimum absolute atomic E-state index is 0.0455. The normalized spacial score (nSPS) is 18.1. The second-order valence-corrected chi connectivity index (χ2v) is 6.70. The van der Waals surface area contributed by atoms with Crippen molar-refractivity contribution in [1.82, 2.24) is 4.90 Å². The summed E-state index contributed by atoms with van der Waals surface area (Å²) < 4.78 is 24.6. The van der Waals surface area contributed by atoms with Gasteiger partial charge in [0.05, 0.1) is 24.6 Å². The van der Waals surface area contributed by atoms with Crippen LogP contribution in [0.25, 0.3) is 0 Å². The van der Waals surface area contributed by atoms with Crippen LogP contribution >= 0.6 is 0 Å². The summed E-state index contributed by atoms with van der Waals surface area (Å²) >= 11 is 0. The fourth-order valence-corrected chi connectivity index (χ4v) is 3.28. The average molecular weight is 418 g/mol. The number of halogens is 1. The molecule has 158 valence electrons. The van der Waals surface area contributed by atoms with E-state index in [1.165, 1.54) is 7.11 Å². The van der Waals surface area contributed by atoms with Crippen molar-refractivity contribution in [2.75, 3.05) is 13.7 Å². The lowest BCUT2D eigenvalue weighted by Crippen LogP contribution is -2.40. The Morgan fingerprint density at radius 1 is 1.27 bits per heavy atom. The first-order valence-electron chi connectivity index (χ1n) is 9.02. The molecule has 0 bridgehead atoms. The molecule has 0 aromatic heterocycles. The van der Waals surface area contributed by atoms with Crippen LogP contribution in [0.1, 0.15) is 22.3 Å². The van der Waals surface area contributed by atoms with Gasteiger partial charge in [0, 0.05) is 12.5 Å². The third kappa shape index (κ3) is 4.32. The van der Waals surface area contributed by atoms with E-state index >= 15 is 0 Å². The van der Waals surface area contributed by atoms with Crippen molar-refractivity contribution in [3.8, 4) is 11.5 Å². The number of carbonyl (C=O) groups excluding carboxylic acids is 1. The van der Waals surface area contributed by atoms with Gasteiger partial charge in [0.25, 0.3) is 11.6 Å². The Kier molecular flexibility index (Phi) is 6.14. The molecule has 2 aromatic carbocycles. The number of methoxy groups -OCH3 is 1. The van der Waals surface area contributed by atoms with E-state index in [2.05, 4.69) is 0 Å². The highest BCUT2D eigenvalue weighted by Gasteiger charge is 2.42. The lowest BCUT2D eigenvalue weighted by Gasteiger charge is -2.21. The molecule has 1 heterocycles.